The molecule has 3 rings (SSSR count). The average molecular weight is 462 g/mol. The van der Waals surface area contributed by atoms with Crippen LogP contribution in [-0.2, 0) is 0 Å². The Hall–Kier alpha value is -1.64. The van der Waals surface area contributed by atoms with E-state index in [0.29, 0.717) is 23.7 Å². The van der Waals surface area contributed by atoms with Gasteiger partial charge in [0, 0.05) is 12.4 Å². The molecule has 2 aromatic rings. The second kappa shape index (κ2) is 10.3. The predicted octanol–water partition coefficient (Wildman–Crippen LogP) is 8.92. The van der Waals surface area contributed by atoms with Crippen molar-refractivity contribution in [3.8, 4) is 0 Å². The molecule has 0 saturated heterocycles. The number of halogens is 2. The highest BCUT2D eigenvalue weighted by atomic mass is 35.5. The van der Waals surface area contributed by atoms with Crippen LogP contribution in [0.5, 0.6) is 0 Å². The summed E-state index contributed by atoms with van der Waals surface area (Å²) in [6, 6.07) is 13.3. The van der Waals surface area contributed by atoms with E-state index < -0.39 is 0 Å². The molecule has 0 saturated carbocycles. The van der Waals surface area contributed by atoms with Gasteiger partial charge in [-0.2, -0.15) is 0 Å². The van der Waals surface area contributed by atoms with E-state index in [0.717, 1.165) is 0 Å². The molecule has 1 aliphatic rings. The van der Waals surface area contributed by atoms with E-state index in [1.165, 1.54) is 33.6 Å². The largest absolute Gasteiger partial charge is 0.312 e. The van der Waals surface area contributed by atoms with Gasteiger partial charge in [-0.25, -0.2) is 0 Å². The molecule has 2 aromatic carbocycles. The van der Waals surface area contributed by atoms with E-state index in [1.807, 2.05) is 0 Å². The normalized spacial score (nSPS) is 14.5. The maximum atomic E-state index is 7.21. The van der Waals surface area contributed by atoms with E-state index in [2.05, 4.69) is 114 Å². The lowest BCUT2D eigenvalue weighted by Crippen LogP contribution is -2.36. The second-order valence-electron chi connectivity index (χ2n) is 9.61. The Kier molecular flexibility index (Phi) is 8.53. The molecule has 170 valence electrons. The molecule has 0 amide bonds. The maximum Gasteiger partial charge on any atom is 0.187 e. The van der Waals surface area contributed by atoms with Crippen molar-refractivity contribution in [2.45, 2.75) is 84.7 Å². The lowest BCUT2D eigenvalue weighted by Gasteiger charge is -2.34. The average Bonchev–Trinajstić information content (AvgIpc) is 3.07. The Labute approximate surface area is 200 Å². The standard InChI is InChI=1S/C27H37ClN2.ClH/c1-17(2)21-11-9-12-22(18(3)4)25(21)29-15-16-30(27(29)28)26-23(19(5)6)13-10-14-24(26)20(7)8;/h9-20,27H,1-8H3;1H. The number of alkyl halides is 1. The molecule has 0 radical (unpaired) electrons. The van der Waals surface area contributed by atoms with Crippen LogP contribution in [0.4, 0.5) is 11.4 Å². The van der Waals surface area contributed by atoms with Crippen LogP contribution in [0.15, 0.2) is 48.8 Å². The molecule has 1 heterocycles. The van der Waals surface area contributed by atoms with Crippen LogP contribution in [0.1, 0.15) is 101 Å². The minimum absolute atomic E-state index is 0. The van der Waals surface area contributed by atoms with Gasteiger partial charge in [0.05, 0.1) is 11.4 Å². The first-order chi connectivity index (χ1) is 14.1. The molecule has 0 bridgehead atoms. The number of rotatable bonds is 6. The molecule has 0 aliphatic carbocycles. The number of para-hydroxylation sites is 2. The van der Waals surface area contributed by atoms with Crippen LogP contribution in [0.25, 0.3) is 0 Å². The molecule has 2 nitrogen and oxygen atoms in total. The van der Waals surface area contributed by atoms with Gasteiger partial charge in [0.1, 0.15) is 0 Å². The molecule has 4 heteroatoms. The molecule has 0 unspecified atom stereocenters. The van der Waals surface area contributed by atoms with Crippen molar-refractivity contribution in [1.29, 1.82) is 0 Å². The zero-order chi connectivity index (χ0) is 22.2. The zero-order valence-corrected chi connectivity index (χ0v) is 21.8. The van der Waals surface area contributed by atoms with Crippen LogP contribution in [0.3, 0.4) is 0 Å². The van der Waals surface area contributed by atoms with Gasteiger partial charge in [-0.15, -0.1) is 12.4 Å². The van der Waals surface area contributed by atoms with Crippen molar-refractivity contribution >= 4 is 35.4 Å². The number of anilines is 2. The summed E-state index contributed by atoms with van der Waals surface area (Å²) in [5.74, 6) is 1.72. The van der Waals surface area contributed by atoms with Crippen molar-refractivity contribution in [3.63, 3.8) is 0 Å². The molecule has 0 N–H and O–H groups in total. The van der Waals surface area contributed by atoms with E-state index in [4.69, 9.17) is 11.6 Å². The number of benzene rings is 2. The third-order valence-corrected chi connectivity index (χ3v) is 6.47. The third kappa shape index (κ3) is 4.91. The lowest BCUT2D eigenvalue weighted by molar-refractivity contribution is 0.785. The first-order valence-corrected chi connectivity index (χ1v) is 11.7. The predicted molar refractivity (Wildman–Crippen MR) is 140 cm³/mol. The summed E-state index contributed by atoms with van der Waals surface area (Å²) in [7, 11) is 0. The van der Waals surface area contributed by atoms with Gasteiger partial charge in [-0.3, -0.25) is 0 Å². The summed E-state index contributed by atoms with van der Waals surface area (Å²) < 4.78 is 0. The molecule has 0 aromatic heterocycles. The van der Waals surface area contributed by atoms with Gasteiger partial charge < -0.3 is 9.80 Å². The van der Waals surface area contributed by atoms with Gasteiger partial charge in [0.25, 0.3) is 0 Å². The van der Waals surface area contributed by atoms with Crippen molar-refractivity contribution < 1.29 is 0 Å². The van der Waals surface area contributed by atoms with Crippen LogP contribution >= 0.6 is 24.0 Å². The Morgan fingerprint density at radius 1 is 0.581 bits per heavy atom. The van der Waals surface area contributed by atoms with E-state index in [1.54, 1.807) is 0 Å². The minimum atomic E-state index is -0.292. The molecule has 31 heavy (non-hydrogen) atoms. The van der Waals surface area contributed by atoms with E-state index >= 15 is 0 Å². The number of hydrogen-bond acceptors (Lipinski definition) is 2. The fourth-order valence-corrected chi connectivity index (χ4v) is 4.73. The first kappa shape index (κ1) is 25.6. The van der Waals surface area contributed by atoms with Crippen LogP contribution in [0.2, 0.25) is 0 Å². The van der Waals surface area contributed by atoms with E-state index in [-0.39, 0.29) is 18.0 Å². The first-order valence-electron chi connectivity index (χ1n) is 11.3. The van der Waals surface area contributed by atoms with Crippen molar-refractivity contribution in [2.24, 2.45) is 0 Å². The SMILES string of the molecule is CC(C)c1cccc(C(C)C)c1N1C=CN(c2c(C(C)C)cccc2C(C)C)C1Cl.Cl. The van der Waals surface area contributed by atoms with Crippen LogP contribution < -0.4 is 9.80 Å². The summed E-state index contributed by atoms with van der Waals surface area (Å²) in [6.07, 6.45) is 4.32. The van der Waals surface area contributed by atoms with Crippen molar-refractivity contribution in [2.75, 3.05) is 9.80 Å². The summed E-state index contributed by atoms with van der Waals surface area (Å²) in [4.78, 5) is 4.51. The number of hydrogen-bond donors (Lipinski definition) is 0. The summed E-state index contributed by atoms with van der Waals surface area (Å²) in [6.45, 7) is 18.1. The summed E-state index contributed by atoms with van der Waals surface area (Å²) in [5.41, 5.74) is 7.61. The second-order valence-corrected chi connectivity index (χ2v) is 10.0. The van der Waals surface area contributed by atoms with Gasteiger partial charge in [0.2, 0.25) is 0 Å². The molecule has 0 spiro atoms. The summed E-state index contributed by atoms with van der Waals surface area (Å²) >= 11 is 7.21. The zero-order valence-electron chi connectivity index (χ0n) is 20.2. The van der Waals surface area contributed by atoms with Crippen molar-refractivity contribution in [1.82, 2.24) is 0 Å². The Morgan fingerprint density at radius 3 is 1.06 bits per heavy atom. The fourth-order valence-electron chi connectivity index (χ4n) is 4.40. The smallest absolute Gasteiger partial charge is 0.187 e. The van der Waals surface area contributed by atoms with Crippen LogP contribution in [-0.4, -0.2) is 5.62 Å². The Morgan fingerprint density at radius 2 is 0.839 bits per heavy atom. The van der Waals surface area contributed by atoms with Gasteiger partial charge in [-0.05, 0) is 45.9 Å². The van der Waals surface area contributed by atoms with Gasteiger partial charge >= 0.3 is 0 Å². The van der Waals surface area contributed by atoms with Gasteiger partial charge in [0.15, 0.2) is 5.62 Å². The van der Waals surface area contributed by atoms with E-state index in [9.17, 15) is 0 Å². The third-order valence-electron chi connectivity index (χ3n) is 6.05. The quantitative estimate of drug-likeness (QED) is 0.313. The highest BCUT2D eigenvalue weighted by Crippen LogP contribution is 2.43. The highest BCUT2D eigenvalue weighted by molar-refractivity contribution is 6.24. The minimum Gasteiger partial charge on any atom is -0.312 e. The number of nitrogens with zero attached hydrogens (tertiary/aromatic N) is 2. The Balaban J connectivity index is 0.00000341. The maximum absolute atomic E-state index is 7.21. The highest BCUT2D eigenvalue weighted by Gasteiger charge is 2.33. The fraction of sp³-hybridized carbons (Fsp3) is 0.481. The molecular weight excluding hydrogens is 423 g/mol. The van der Waals surface area contributed by atoms with Gasteiger partial charge in [-0.1, -0.05) is 103 Å². The topological polar surface area (TPSA) is 6.48 Å². The monoisotopic (exact) mass is 460 g/mol. The van der Waals surface area contributed by atoms with Crippen LogP contribution in [0, 0.1) is 0 Å². The molecule has 1 aliphatic heterocycles. The summed E-state index contributed by atoms with van der Waals surface area (Å²) in [5, 5.41) is 0. The Bertz CT molecular complexity index is 789. The lowest BCUT2D eigenvalue weighted by atomic mass is 9.91. The molecule has 0 fully saturated rings. The molecule has 0 atom stereocenters. The molecular formula is C27H38Cl2N2. The van der Waals surface area contributed by atoms with Crippen molar-refractivity contribution in [3.05, 3.63) is 71.1 Å².